The minimum Gasteiger partial charge on any atom is -0.310 e. The molecule has 1 spiro atoms. The maximum absolute atomic E-state index is 3.87. The van der Waals surface area contributed by atoms with Crippen LogP contribution in [0.25, 0.3) is 0 Å². The molecule has 0 aromatic carbocycles. The Balaban J connectivity index is 1.89. The third kappa shape index (κ3) is 3.71. The second kappa shape index (κ2) is 6.38. The lowest BCUT2D eigenvalue weighted by atomic mass is 9.96. The molecule has 2 heteroatoms. The second-order valence-corrected chi connectivity index (χ2v) is 7.06. The molecule has 0 aromatic heterocycles. The molecule has 0 amide bonds. The fourth-order valence-electron chi connectivity index (χ4n) is 3.72. The Morgan fingerprint density at radius 2 is 2.00 bits per heavy atom. The quantitative estimate of drug-likeness (QED) is 0.825. The first-order valence-electron chi connectivity index (χ1n) is 8.10. The number of nitrogens with one attached hydrogen (secondary N) is 1. The van der Waals surface area contributed by atoms with E-state index in [4.69, 9.17) is 0 Å². The standard InChI is InChI=1S/C16H32N2/c1-14(2)7-6-12-18-13-16(9-4-5-10-16)17-11-8-15(18)3/h14-15,17H,4-13H2,1-3H3. The maximum Gasteiger partial charge on any atom is 0.0308 e. The number of nitrogens with zero attached hydrogens (tertiary/aromatic N) is 1. The van der Waals surface area contributed by atoms with Gasteiger partial charge in [0.15, 0.2) is 0 Å². The minimum absolute atomic E-state index is 0.475. The molecule has 1 unspecified atom stereocenters. The summed E-state index contributed by atoms with van der Waals surface area (Å²) in [5.41, 5.74) is 0.475. The van der Waals surface area contributed by atoms with Crippen LogP contribution in [0.3, 0.4) is 0 Å². The Bertz CT molecular complexity index is 243. The summed E-state index contributed by atoms with van der Waals surface area (Å²) in [4.78, 5) is 2.77. The van der Waals surface area contributed by atoms with Crippen molar-refractivity contribution >= 4 is 0 Å². The molecular weight excluding hydrogens is 220 g/mol. The molecule has 1 saturated heterocycles. The number of hydrogen-bond donors (Lipinski definition) is 1. The van der Waals surface area contributed by atoms with E-state index in [1.54, 1.807) is 0 Å². The van der Waals surface area contributed by atoms with Crippen molar-refractivity contribution < 1.29 is 0 Å². The third-order valence-electron chi connectivity index (χ3n) is 4.98. The third-order valence-corrected chi connectivity index (χ3v) is 4.98. The van der Waals surface area contributed by atoms with Gasteiger partial charge in [0.05, 0.1) is 0 Å². The lowest BCUT2D eigenvalue weighted by molar-refractivity contribution is 0.163. The predicted octanol–water partition coefficient (Wildman–Crippen LogP) is 3.42. The van der Waals surface area contributed by atoms with Gasteiger partial charge in [0.25, 0.3) is 0 Å². The molecule has 106 valence electrons. The summed E-state index contributed by atoms with van der Waals surface area (Å²) in [6, 6.07) is 0.768. The lowest BCUT2D eigenvalue weighted by Crippen LogP contribution is -2.50. The van der Waals surface area contributed by atoms with Crippen molar-refractivity contribution in [2.45, 2.75) is 77.3 Å². The Kier molecular flexibility index (Phi) is 5.08. The van der Waals surface area contributed by atoms with Gasteiger partial charge < -0.3 is 5.32 Å². The minimum atomic E-state index is 0.475. The zero-order chi connectivity index (χ0) is 13.0. The number of rotatable bonds is 4. The highest BCUT2D eigenvalue weighted by Crippen LogP contribution is 2.32. The summed E-state index contributed by atoms with van der Waals surface area (Å²) in [5.74, 6) is 0.853. The van der Waals surface area contributed by atoms with Gasteiger partial charge in [-0.15, -0.1) is 0 Å². The van der Waals surface area contributed by atoms with Crippen LogP contribution in [0.5, 0.6) is 0 Å². The zero-order valence-electron chi connectivity index (χ0n) is 12.7. The van der Waals surface area contributed by atoms with Crippen molar-refractivity contribution in [3.63, 3.8) is 0 Å². The second-order valence-electron chi connectivity index (χ2n) is 7.06. The van der Waals surface area contributed by atoms with E-state index >= 15 is 0 Å². The molecule has 1 saturated carbocycles. The van der Waals surface area contributed by atoms with Crippen LogP contribution in [0.2, 0.25) is 0 Å². The van der Waals surface area contributed by atoms with Crippen molar-refractivity contribution in [1.29, 1.82) is 0 Å². The highest BCUT2D eigenvalue weighted by molar-refractivity contribution is 4.98. The van der Waals surface area contributed by atoms with Gasteiger partial charge in [0.1, 0.15) is 0 Å². The van der Waals surface area contributed by atoms with Crippen LogP contribution in [-0.2, 0) is 0 Å². The molecule has 0 radical (unpaired) electrons. The van der Waals surface area contributed by atoms with Crippen molar-refractivity contribution in [2.75, 3.05) is 19.6 Å². The average Bonchev–Trinajstić information content (AvgIpc) is 2.69. The van der Waals surface area contributed by atoms with Gasteiger partial charge in [0.2, 0.25) is 0 Å². The smallest absolute Gasteiger partial charge is 0.0308 e. The Morgan fingerprint density at radius 3 is 2.67 bits per heavy atom. The van der Waals surface area contributed by atoms with Crippen LogP contribution in [0.1, 0.15) is 65.7 Å². The lowest BCUT2D eigenvalue weighted by Gasteiger charge is -2.35. The highest BCUT2D eigenvalue weighted by Gasteiger charge is 2.37. The molecule has 2 aliphatic rings. The summed E-state index contributed by atoms with van der Waals surface area (Å²) >= 11 is 0. The van der Waals surface area contributed by atoms with Crippen molar-refractivity contribution in [2.24, 2.45) is 5.92 Å². The van der Waals surface area contributed by atoms with Crippen LogP contribution in [0.15, 0.2) is 0 Å². The SMILES string of the molecule is CC(C)CCCN1CC2(CCCC2)NCCC1C. The van der Waals surface area contributed by atoms with E-state index in [0.29, 0.717) is 5.54 Å². The molecule has 18 heavy (non-hydrogen) atoms. The summed E-state index contributed by atoms with van der Waals surface area (Å²) in [5, 5.41) is 3.87. The first-order chi connectivity index (χ1) is 8.61. The fraction of sp³-hybridized carbons (Fsp3) is 1.00. The van der Waals surface area contributed by atoms with Gasteiger partial charge in [-0.1, -0.05) is 26.7 Å². The van der Waals surface area contributed by atoms with Crippen molar-refractivity contribution in [1.82, 2.24) is 10.2 Å². The predicted molar refractivity (Wildman–Crippen MR) is 78.9 cm³/mol. The molecule has 2 nitrogen and oxygen atoms in total. The van der Waals surface area contributed by atoms with Gasteiger partial charge in [-0.05, 0) is 58.0 Å². The highest BCUT2D eigenvalue weighted by atomic mass is 15.2. The monoisotopic (exact) mass is 252 g/mol. The molecule has 2 fully saturated rings. The van der Waals surface area contributed by atoms with Gasteiger partial charge in [-0.25, -0.2) is 0 Å². The van der Waals surface area contributed by atoms with E-state index in [9.17, 15) is 0 Å². The number of hydrogen-bond acceptors (Lipinski definition) is 2. The van der Waals surface area contributed by atoms with E-state index in [0.717, 1.165) is 12.0 Å². The maximum atomic E-state index is 3.87. The Hall–Kier alpha value is -0.0800. The topological polar surface area (TPSA) is 15.3 Å². The van der Waals surface area contributed by atoms with Crippen LogP contribution < -0.4 is 5.32 Å². The van der Waals surface area contributed by atoms with E-state index in [2.05, 4.69) is 31.0 Å². The van der Waals surface area contributed by atoms with E-state index in [1.165, 1.54) is 64.6 Å². The average molecular weight is 252 g/mol. The molecule has 1 N–H and O–H groups in total. The van der Waals surface area contributed by atoms with E-state index in [-0.39, 0.29) is 0 Å². The van der Waals surface area contributed by atoms with Crippen molar-refractivity contribution in [3.05, 3.63) is 0 Å². The first kappa shape index (κ1) is 14.3. The first-order valence-corrected chi connectivity index (χ1v) is 8.10. The Morgan fingerprint density at radius 1 is 1.28 bits per heavy atom. The van der Waals surface area contributed by atoms with Gasteiger partial charge in [-0.2, -0.15) is 0 Å². The molecule has 1 atom stereocenters. The fourth-order valence-corrected chi connectivity index (χ4v) is 3.72. The summed E-state index contributed by atoms with van der Waals surface area (Å²) < 4.78 is 0. The summed E-state index contributed by atoms with van der Waals surface area (Å²) in [7, 11) is 0. The molecule has 1 aliphatic heterocycles. The van der Waals surface area contributed by atoms with Crippen LogP contribution in [0, 0.1) is 5.92 Å². The molecule has 0 bridgehead atoms. The van der Waals surface area contributed by atoms with Gasteiger partial charge >= 0.3 is 0 Å². The van der Waals surface area contributed by atoms with E-state index < -0.39 is 0 Å². The normalized spacial score (nSPS) is 29.0. The van der Waals surface area contributed by atoms with Crippen LogP contribution in [0.4, 0.5) is 0 Å². The van der Waals surface area contributed by atoms with E-state index in [1.807, 2.05) is 0 Å². The molecule has 1 heterocycles. The summed E-state index contributed by atoms with van der Waals surface area (Å²) in [6.45, 7) is 10.9. The van der Waals surface area contributed by atoms with Crippen LogP contribution in [-0.4, -0.2) is 36.1 Å². The van der Waals surface area contributed by atoms with Gasteiger partial charge in [0, 0.05) is 18.1 Å². The van der Waals surface area contributed by atoms with Crippen LogP contribution >= 0.6 is 0 Å². The zero-order valence-corrected chi connectivity index (χ0v) is 12.7. The molecule has 1 aliphatic carbocycles. The molecule has 2 rings (SSSR count). The molecular formula is C16H32N2. The van der Waals surface area contributed by atoms with Crippen molar-refractivity contribution in [3.8, 4) is 0 Å². The van der Waals surface area contributed by atoms with Gasteiger partial charge in [-0.3, -0.25) is 4.90 Å². The Labute approximate surface area is 114 Å². The molecule has 0 aromatic rings. The largest absolute Gasteiger partial charge is 0.310 e. The summed E-state index contributed by atoms with van der Waals surface area (Å²) in [6.07, 6.45) is 9.74.